The third kappa shape index (κ3) is 3.01. The van der Waals surface area contributed by atoms with Gasteiger partial charge in [0.2, 0.25) is 0 Å². The van der Waals surface area contributed by atoms with Crippen LogP contribution in [0, 0.1) is 16.0 Å². The number of carbonyl (C=O) groups excluding carboxylic acids is 1. The lowest BCUT2D eigenvalue weighted by molar-refractivity contribution is -0.384. The van der Waals surface area contributed by atoms with Gasteiger partial charge in [0.05, 0.1) is 10.5 Å². The van der Waals surface area contributed by atoms with Crippen molar-refractivity contribution < 1.29 is 9.72 Å². The molecule has 1 aliphatic rings. The third-order valence-electron chi connectivity index (χ3n) is 3.09. The van der Waals surface area contributed by atoms with Crippen LogP contribution in [0.5, 0.6) is 0 Å². The van der Waals surface area contributed by atoms with Gasteiger partial charge in [0.1, 0.15) is 0 Å². The predicted octanol–water partition coefficient (Wildman–Crippen LogP) is 2.16. The smallest absolute Gasteiger partial charge is 0.270 e. The zero-order valence-electron chi connectivity index (χ0n) is 11.0. The predicted molar refractivity (Wildman–Crippen MR) is 72.3 cm³/mol. The Morgan fingerprint density at radius 2 is 2.21 bits per heavy atom. The molecule has 1 atom stereocenters. The number of benzene rings is 1. The van der Waals surface area contributed by atoms with Crippen molar-refractivity contribution in [1.29, 1.82) is 0 Å². The largest absolute Gasteiger partial charge is 0.382 e. The minimum absolute atomic E-state index is 0.0407. The van der Waals surface area contributed by atoms with Crippen molar-refractivity contribution in [3.63, 3.8) is 0 Å². The highest BCUT2D eigenvalue weighted by Crippen LogP contribution is 2.24. The van der Waals surface area contributed by atoms with Gasteiger partial charge in [-0.05, 0) is 18.4 Å². The monoisotopic (exact) mass is 263 g/mol. The molecule has 0 saturated heterocycles. The molecule has 6 nitrogen and oxygen atoms in total. The number of hydrogen-bond acceptors (Lipinski definition) is 4. The van der Waals surface area contributed by atoms with Crippen molar-refractivity contribution in [1.82, 2.24) is 5.32 Å². The fourth-order valence-electron chi connectivity index (χ4n) is 2.25. The first kappa shape index (κ1) is 13.3. The topological polar surface area (TPSA) is 84.3 Å². The molecule has 0 radical (unpaired) electrons. The number of fused-ring (bicyclic) bond motifs is 1. The Bertz CT molecular complexity index is 514. The Balaban J connectivity index is 2.26. The average Bonchev–Trinajstić information content (AvgIpc) is 2.48. The van der Waals surface area contributed by atoms with E-state index in [9.17, 15) is 14.9 Å². The molecule has 2 rings (SSSR count). The van der Waals surface area contributed by atoms with Crippen LogP contribution in [0.3, 0.4) is 0 Å². The maximum atomic E-state index is 12.1. The van der Waals surface area contributed by atoms with E-state index in [1.165, 1.54) is 12.1 Å². The fraction of sp³-hybridized carbons (Fsp3) is 0.462. The fourth-order valence-corrected chi connectivity index (χ4v) is 2.25. The molecule has 0 aromatic heterocycles. The van der Waals surface area contributed by atoms with E-state index >= 15 is 0 Å². The van der Waals surface area contributed by atoms with Crippen molar-refractivity contribution in [2.24, 2.45) is 5.92 Å². The van der Waals surface area contributed by atoms with Crippen LogP contribution in [0.2, 0.25) is 0 Å². The van der Waals surface area contributed by atoms with Crippen LogP contribution >= 0.6 is 0 Å². The zero-order chi connectivity index (χ0) is 14.0. The van der Waals surface area contributed by atoms with E-state index in [2.05, 4.69) is 24.5 Å². The standard InChI is InChI=1S/C13H17N3O3/c1-8(2)5-9-7-14-12-4-3-10(16(18)19)6-11(12)13(17)15-9/h3-4,6,8-9,14H,5,7H2,1-2H3,(H,15,17). The first-order valence-electron chi connectivity index (χ1n) is 6.30. The van der Waals surface area contributed by atoms with Gasteiger partial charge in [0.15, 0.2) is 0 Å². The van der Waals surface area contributed by atoms with Crippen molar-refractivity contribution in [2.45, 2.75) is 26.3 Å². The molecule has 6 heteroatoms. The first-order valence-corrected chi connectivity index (χ1v) is 6.30. The van der Waals surface area contributed by atoms with E-state index < -0.39 is 4.92 Å². The summed E-state index contributed by atoms with van der Waals surface area (Å²) in [5, 5.41) is 16.8. The van der Waals surface area contributed by atoms with Gasteiger partial charge in [-0.2, -0.15) is 0 Å². The number of amides is 1. The molecule has 0 saturated carbocycles. The van der Waals surface area contributed by atoms with Crippen molar-refractivity contribution in [2.75, 3.05) is 11.9 Å². The number of rotatable bonds is 3. The van der Waals surface area contributed by atoms with E-state index in [0.717, 1.165) is 6.42 Å². The van der Waals surface area contributed by atoms with Crippen LogP contribution in [0.1, 0.15) is 30.6 Å². The molecule has 0 spiro atoms. The Morgan fingerprint density at radius 3 is 2.84 bits per heavy atom. The normalized spacial score (nSPS) is 18.3. The number of non-ortho nitro benzene ring substituents is 1. The molecule has 1 unspecified atom stereocenters. The van der Waals surface area contributed by atoms with E-state index in [1.54, 1.807) is 6.07 Å². The van der Waals surface area contributed by atoms with Gasteiger partial charge in [0.25, 0.3) is 11.6 Å². The van der Waals surface area contributed by atoms with E-state index in [-0.39, 0.29) is 17.6 Å². The number of nitro benzene ring substituents is 1. The second-order valence-electron chi connectivity index (χ2n) is 5.17. The van der Waals surface area contributed by atoms with E-state index in [0.29, 0.717) is 23.7 Å². The second-order valence-corrected chi connectivity index (χ2v) is 5.17. The van der Waals surface area contributed by atoms with Crippen LogP contribution in [0.25, 0.3) is 0 Å². The molecule has 2 N–H and O–H groups in total. The highest BCUT2D eigenvalue weighted by atomic mass is 16.6. The lowest BCUT2D eigenvalue weighted by Crippen LogP contribution is -2.38. The van der Waals surface area contributed by atoms with Gasteiger partial charge < -0.3 is 10.6 Å². The molecule has 102 valence electrons. The number of carbonyl (C=O) groups is 1. The highest BCUT2D eigenvalue weighted by Gasteiger charge is 2.23. The minimum atomic E-state index is -0.496. The van der Waals surface area contributed by atoms with Gasteiger partial charge in [-0.25, -0.2) is 0 Å². The summed E-state index contributed by atoms with van der Waals surface area (Å²) in [6, 6.07) is 4.35. The first-order chi connectivity index (χ1) is 8.97. The molecule has 1 aromatic rings. The summed E-state index contributed by atoms with van der Waals surface area (Å²) in [5.74, 6) is 0.219. The van der Waals surface area contributed by atoms with Gasteiger partial charge >= 0.3 is 0 Å². The molecule has 1 aliphatic heterocycles. The van der Waals surface area contributed by atoms with Crippen LogP contribution in [0.15, 0.2) is 18.2 Å². The summed E-state index contributed by atoms with van der Waals surface area (Å²) in [5.41, 5.74) is 0.910. The van der Waals surface area contributed by atoms with Crippen LogP contribution in [-0.2, 0) is 0 Å². The number of nitro groups is 1. The average molecular weight is 263 g/mol. The lowest BCUT2D eigenvalue weighted by atomic mass is 10.0. The molecule has 1 heterocycles. The van der Waals surface area contributed by atoms with Gasteiger partial charge in [-0.3, -0.25) is 14.9 Å². The number of nitrogens with one attached hydrogen (secondary N) is 2. The lowest BCUT2D eigenvalue weighted by Gasteiger charge is -2.17. The summed E-state index contributed by atoms with van der Waals surface area (Å²) in [4.78, 5) is 22.3. The van der Waals surface area contributed by atoms with Crippen LogP contribution in [-0.4, -0.2) is 23.4 Å². The number of anilines is 1. The van der Waals surface area contributed by atoms with E-state index in [1.807, 2.05) is 0 Å². The van der Waals surface area contributed by atoms with Crippen molar-refractivity contribution >= 4 is 17.3 Å². The van der Waals surface area contributed by atoms with Gasteiger partial charge in [0, 0.05) is 30.4 Å². The Hall–Kier alpha value is -2.11. The molecular weight excluding hydrogens is 246 g/mol. The summed E-state index contributed by atoms with van der Waals surface area (Å²) >= 11 is 0. The Morgan fingerprint density at radius 1 is 1.47 bits per heavy atom. The van der Waals surface area contributed by atoms with Crippen LogP contribution < -0.4 is 10.6 Å². The van der Waals surface area contributed by atoms with Crippen LogP contribution in [0.4, 0.5) is 11.4 Å². The number of hydrogen-bond donors (Lipinski definition) is 2. The molecule has 1 aromatic carbocycles. The molecule has 0 bridgehead atoms. The maximum Gasteiger partial charge on any atom is 0.270 e. The number of nitrogens with zero attached hydrogens (tertiary/aromatic N) is 1. The van der Waals surface area contributed by atoms with Crippen molar-refractivity contribution in [3.8, 4) is 0 Å². The quantitative estimate of drug-likeness (QED) is 0.646. The summed E-state index contributed by atoms with van der Waals surface area (Å²) in [7, 11) is 0. The molecule has 0 fully saturated rings. The summed E-state index contributed by atoms with van der Waals surface area (Å²) in [6.45, 7) is 4.82. The molecule has 1 amide bonds. The van der Waals surface area contributed by atoms with E-state index in [4.69, 9.17) is 0 Å². The minimum Gasteiger partial charge on any atom is -0.382 e. The summed E-state index contributed by atoms with van der Waals surface area (Å²) in [6.07, 6.45) is 0.870. The van der Waals surface area contributed by atoms with Crippen molar-refractivity contribution in [3.05, 3.63) is 33.9 Å². The Labute approximate surface area is 111 Å². The third-order valence-corrected chi connectivity index (χ3v) is 3.09. The zero-order valence-corrected chi connectivity index (χ0v) is 11.0. The van der Waals surface area contributed by atoms with Gasteiger partial charge in [-0.15, -0.1) is 0 Å². The maximum absolute atomic E-state index is 12.1. The SMILES string of the molecule is CC(C)CC1CNc2ccc([N+](=O)[O-])cc2C(=O)N1. The Kier molecular flexibility index (Phi) is 3.69. The van der Waals surface area contributed by atoms with Gasteiger partial charge in [-0.1, -0.05) is 13.8 Å². The second kappa shape index (κ2) is 5.26. The molecule has 0 aliphatic carbocycles. The highest BCUT2D eigenvalue weighted by molar-refractivity contribution is 6.01. The molecular formula is C13H17N3O3. The molecule has 19 heavy (non-hydrogen) atoms. The summed E-state index contributed by atoms with van der Waals surface area (Å²) < 4.78 is 0.